The highest BCUT2D eigenvalue weighted by Gasteiger charge is 2.66. The molecule has 2 aliphatic heterocycles. The number of aromatic hydroxyl groups is 1. The molecule has 5 aliphatic rings. The van der Waals surface area contributed by atoms with Crippen LogP contribution in [0.25, 0.3) is 6.08 Å². The van der Waals surface area contributed by atoms with Crippen LogP contribution in [0.1, 0.15) is 54.4 Å². The number of likely N-dealkylation sites (tertiary alicyclic amines) is 1. The van der Waals surface area contributed by atoms with Crippen LogP contribution in [0.4, 0.5) is 0 Å². The first-order chi connectivity index (χ1) is 17.5. The van der Waals surface area contributed by atoms with Gasteiger partial charge < -0.3 is 14.7 Å². The number of piperidine rings is 1. The van der Waals surface area contributed by atoms with Gasteiger partial charge in [0.2, 0.25) is 5.91 Å². The van der Waals surface area contributed by atoms with Gasteiger partial charge in [-0.25, -0.2) is 0 Å². The standard InChI is InChI=1S/C31H36N2O3/c1-19-4-3-5-20(16-19)8-13-28(35)32(2)24-10-9-23-25-17-22-26(34)11-12-27-29(22)31(23,30(24)36-27)14-15-33(25)18-21-6-7-21/h3-5,8,11-13,16,21,23-25,30,34H,6-7,9-10,14-15,17-18H2,1-2H3/t23-,24+,25+,30-,31-/m0/s1. The lowest BCUT2D eigenvalue weighted by Crippen LogP contribution is -2.69. The lowest BCUT2D eigenvalue weighted by molar-refractivity contribution is -0.135. The van der Waals surface area contributed by atoms with E-state index >= 15 is 0 Å². The largest absolute Gasteiger partial charge is 0.508 e. The second-order valence-electron chi connectivity index (χ2n) is 11.9. The molecule has 0 aromatic heterocycles. The van der Waals surface area contributed by atoms with Gasteiger partial charge >= 0.3 is 0 Å². The van der Waals surface area contributed by atoms with Crippen molar-refractivity contribution in [3.63, 3.8) is 0 Å². The van der Waals surface area contributed by atoms with Crippen LogP contribution in [0.3, 0.4) is 0 Å². The molecule has 2 saturated carbocycles. The van der Waals surface area contributed by atoms with Gasteiger partial charge in [-0.05, 0) is 87.6 Å². The van der Waals surface area contributed by atoms with Gasteiger partial charge in [-0.3, -0.25) is 9.69 Å². The maximum Gasteiger partial charge on any atom is 0.246 e. The highest BCUT2D eigenvalue weighted by molar-refractivity contribution is 5.92. The van der Waals surface area contributed by atoms with Crippen LogP contribution in [-0.2, 0) is 16.6 Å². The third-order valence-electron chi connectivity index (χ3n) is 9.92. The maximum absolute atomic E-state index is 13.4. The summed E-state index contributed by atoms with van der Waals surface area (Å²) in [6, 6.07) is 12.5. The second kappa shape index (κ2) is 8.11. The summed E-state index contributed by atoms with van der Waals surface area (Å²) in [5, 5.41) is 10.9. The van der Waals surface area contributed by atoms with E-state index in [1.165, 1.54) is 30.5 Å². The Morgan fingerprint density at radius 3 is 2.89 bits per heavy atom. The van der Waals surface area contributed by atoms with Crippen molar-refractivity contribution in [3.8, 4) is 11.5 Å². The van der Waals surface area contributed by atoms with Gasteiger partial charge in [-0.1, -0.05) is 29.8 Å². The summed E-state index contributed by atoms with van der Waals surface area (Å²) in [6.07, 6.45) is 10.3. The first-order valence-electron chi connectivity index (χ1n) is 13.7. The van der Waals surface area contributed by atoms with Crippen LogP contribution in [0, 0.1) is 18.8 Å². The number of phenolic OH excluding ortho intramolecular Hbond substituents is 1. The Hall–Kier alpha value is -2.79. The van der Waals surface area contributed by atoms with Crippen LogP contribution >= 0.6 is 0 Å². The number of hydrogen-bond acceptors (Lipinski definition) is 4. The Kier molecular flexibility index (Phi) is 5.05. The molecule has 7 rings (SSSR count). The van der Waals surface area contributed by atoms with E-state index in [2.05, 4.69) is 24.0 Å². The molecule has 3 aliphatic carbocycles. The number of likely N-dealkylation sites (N-methyl/N-ethyl adjacent to an activating group) is 1. The summed E-state index contributed by atoms with van der Waals surface area (Å²) in [6.45, 7) is 4.35. The minimum absolute atomic E-state index is 0.0204. The SMILES string of the molecule is Cc1cccc(C=CC(=O)N(C)[C@@H]2CC[C@H]3[C@H]4Cc5c(O)ccc6c5[C@@]3(CCN4CC3CC3)[C@H]2O6)c1. The Balaban J connectivity index is 1.22. The molecule has 188 valence electrons. The molecule has 3 fully saturated rings. The van der Waals surface area contributed by atoms with Crippen molar-refractivity contribution in [3.05, 3.63) is 64.7 Å². The molecule has 5 nitrogen and oxygen atoms in total. The number of aryl methyl sites for hydroxylation is 1. The summed E-state index contributed by atoms with van der Waals surface area (Å²) in [5.74, 6) is 2.76. The van der Waals surface area contributed by atoms with Crippen molar-refractivity contribution in [2.24, 2.45) is 11.8 Å². The summed E-state index contributed by atoms with van der Waals surface area (Å²) in [5.41, 5.74) is 4.49. The minimum Gasteiger partial charge on any atom is -0.508 e. The molecular weight excluding hydrogens is 448 g/mol. The monoisotopic (exact) mass is 484 g/mol. The molecule has 0 unspecified atom stereocenters. The molecule has 5 heteroatoms. The molecule has 36 heavy (non-hydrogen) atoms. The van der Waals surface area contributed by atoms with Gasteiger partial charge in [-0.15, -0.1) is 0 Å². The predicted octanol–water partition coefficient (Wildman–Crippen LogP) is 4.69. The first kappa shape index (κ1) is 22.4. The molecule has 1 amide bonds. The molecule has 2 heterocycles. The maximum atomic E-state index is 13.4. The lowest BCUT2D eigenvalue weighted by Gasteiger charge is -2.60. The molecule has 0 radical (unpaired) electrons. The fraction of sp³-hybridized carbons (Fsp3) is 0.516. The topological polar surface area (TPSA) is 53.0 Å². The summed E-state index contributed by atoms with van der Waals surface area (Å²) < 4.78 is 6.78. The van der Waals surface area contributed by atoms with E-state index in [1.807, 2.05) is 42.3 Å². The normalized spacial score (nSPS) is 32.3. The Morgan fingerprint density at radius 1 is 1.22 bits per heavy atom. The number of carbonyl (C=O) groups is 1. The van der Waals surface area contributed by atoms with E-state index in [1.54, 1.807) is 6.08 Å². The first-order valence-corrected chi connectivity index (χ1v) is 13.7. The Labute approximate surface area is 213 Å². The zero-order chi connectivity index (χ0) is 24.6. The number of rotatable bonds is 5. The third kappa shape index (κ3) is 3.28. The number of amides is 1. The highest BCUT2D eigenvalue weighted by atomic mass is 16.5. The number of benzene rings is 2. The van der Waals surface area contributed by atoms with Gasteiger partial charge in [0.1, 0.15) is 17.6 Å². The van der Waals surface area contributed by atoms with Crippen LogP contribution in [-0.4, -0.2) is 59.1 Å². The van der Waals surface area contributed by atoms with E-state index < -0.39 is 0 Å². The molecule has 1 saturated heterocycles. The minimum atomic E-state index is -0.107. The van der Waals surface area contributed by atoms with E-state index in [0.29, 0.717) is 17.7 Å². The molecule has 1 N–H and O–H groups in total. The van der Waals surface area contributed by atoms with E-state index in [4.69, 9.17) is 4.74 Å². The van der Waals surface area contributed by atoms with Crippen molar-refractivity contribution in [2.75, 3.05) is 20.1 Å². The number of nitrogens with zero attached hydrogens (tertiary/aromatic N) is 2. The van der Waals surface area contributed by atoms with Crippen LogP contribution < -0.4 is 4.74 Å². The molecular formula is C31H36N2O3. The third-order valence-corrected chi connectivity index (χ3v) is 9.92. The summed E-state index contributed by atoms with van der Waals surface area (Å²) >= 11 is 0. The molecule has 1 spiro atoms. The Bertz CT molecular complexity index is 1250. The van der Waals surface area contributed by atoms with Crippen molar-refractivity contribution in [1.82, 2.24) is 9.80 Å². The van der Waals surface area contributed by atoms with Crippen molar-refractivity contribution >= 4 is 12.0 Å². The summed E-state index contributed by atoms with van der Waals surface area (Å²) in [4.78, 5) is 18.0. The predicted molar refractivity (Wildman–Crippen MR) is 140 cm³/mol. The smallest absolute Gasteiger partial charge is 0.246 e. The van der Waals surface area contributed by atoms with Gasteiger partial charge in [0, 0.05) is 42.3 Å². The highest BCUT2D eigenvalue weighted by Crippen LogP contribution is 2.63. The van der Waals surface area contributed by atoms with E-state index in [0.717, 1.165) is 55.0 Å². The zero-order valence-electron chi connectivity index (χ0n) is 21.3. The zero-order valence-corrected chi connectivity index (χ0v) is 21.3. The average Bonchev–Trinajstić information content (AvgIpc) is 3.63. The molecule has 2 aromatic rings. The summed E-state index contributed by atoms with van der Waals surface area (Å²) in [7, 11) is 1.94. The lowest BCUT2D eigenvalue weighted by atomic mass is 9.51. The number of carbonyl (C=O) groups excluding carboxylic acids is 1. The Morgan fingerprint density at radius 2 is 2.08 bits per heavy atom. The fourth-order valence-corrected chi connectivity index (χ4v) is 8.09. The van der Waals surface area contributed by atoms with Gasteiger partial charge in [0.05, 0.1) is 6.04 Å². The quantitative estimate of drug-likeness (QED) is 0.626. The van der Waals surface area contributed by atoms with E-state index in [-0.39, 0.29) is 23.5 Å². The average molecular weight is 485 g/mol. The molecule has 2 bridgehead atoms. The molecule has 2 aromatic carbocycles. The second-order valence-corrected chi connectivity index (χ2v) is 11.9. The van der Waals surface area contributed by atoms with Crippen molar-refractivity contribution in [1.29, 1.82) is 0 Å². The van der Waals surface area contributed by atoms with Gasteiger partial charge in [-0.2, -0.15) is 0 Å². The van der Waals surface area contributed by atoms with Crippen LogP contribution in [0.5, 0.6) is 11.5 Å². The van der Waals surface area contributed by atoms with Crippen molar-refractivity contribution in [2.45, 2.75) is 69.1 Å². The van der Waals surface area contributed by atoms with Crippen LogP contribution in [0.2, 0.25) is 0 Å². The number of ether oxygens (including phenoxy) is 1. The van der Waals surface area contributed by atoms with E-state index in [9.17, 15) is 9.90 Å². The van der Waals surface area contributed by atoms with Gasteiger partial charge in [0.15, 0.2) is 0 Å². The van der Waals surface area contributed by atoms with Crippen LogP contribution in [0.15, 0.2) is 42.5 Å². The van der Waals surface area contributed by atoms with Gasteiger partial charge in [0.25, 0.3) is 0 Å². The van der Waals surface area contributed by atoms with Crippen molar-refractivity contribution < 1.29 is 14.6 Å². The molecule has 5 atom stereocenters. The fourth-order valence-electron chi connectivity index (χ4n) is 8.09. The number of phenols is 1. The number of hydrogen-bond donors (Lipinski definition) is 1.